The molecule has 1 rings (SSSR count). The van der Waals surface area contributed by atoms with Gasteiger partial charge in [0.2, 0.25) is 0 Å². The minimum Gasteiger partial charge on any atom is -0.462 e. The zero-order valence-electron chi connectivity index (χ0n) is 33.6. The number of esters is 2. The smallest absolute Gasteiger partial charge is 0.462 e. The molecule has 4 atom stereocenters. The van der Waals surface area contributed by atoms with Gasteiger partial charge in [-0.25, -0.2) is 4.57 Å². The molecule has 0 spiro atoms. The zero-order chi connectivity index (χ0) is 39.4. The van der Waals surface area contributed by atoms with Gasteiger partial charge in [0.25, 0.3) is 0 Å². The Kier molecular flexibility index (Phi) is 32.3. The summed E-state index contributed by atoms with van der Waals surface area (Å²) in [7, 11) is -4.40. The number of nitrogens with two attached hydrogens (primary N) is 1. The van der Waals surface area contributed by atoms with E-state index in [0.29, 0.717) is 18.6 Å². The first kappa shape index (κ1) is 49.7. The monoisotopic (exact) mass is 780 g/mol. The van der Waals surface area contributed by atoms with Crippen molar-refractivity contribution < 1.29 is 42.3 Å². The molecule has 0 radical (unpaired) electrons. The maximum Gasteiger partial charge on any atom is 0.472 e. The molecule has 0 amide bonds. The molecule has 54 heavy (non-hydrogen) atoms. The van der Waals surface area contributed by atoms with Crippen molar-refractivity contribution in [2.24, 2.45) is 5.73 Å². The van der Waals surface area contributed by atoms with Crippen molar-refractivity contribution in [1.82, 2.24) is 0 Å². The third-order valence-electron chi connectivity index (χ3n) is 8.90. The maximum atomic E-state index is 12.5. The predicted octanol–water partition coefficient (Wildman–Crippen LogP) is 10.7. The number of phosphoric acid groups is 1. The van der Waals surface area contributed by atoms with Crippen LogP contribution in [0.15, 0.2) is 60.8 Å². The molecule has 0 aromatic carbocycles. The molecule has 10 nitrogen and oxygen atoms in total. The van der Waals surface area contributed by atoms with E-state index in [4.69, 9.17) is 29.0 Å². The molecule has 1 aliphatic rings. The Labute approximate surface area is 327 Å². The molecule has 1 aliphatic heterocycles. The molecule has 1 saturated heterocycles. The lowest BCUT2D eigenvalue weighted by Crippen LogP contribution is -2.29. The fourth-order valence-electron chi connectivity index (χ4n) is 5.67. The van der Waals surface area contributed by atoms with Crippen LogP contribution in [0.3, 0.4) is 0 Å². The van der Waals surface area contributed by atoms with E-state index in [1.807, 2.05) is 12.2 Å². The highest BCUT2D eigenvalue weighted by Gasteiger charge is 2.35. The van der Waals surface area contributed by atoms with Gasteiger partial charge in [-0.2, -0.15) is 0 Å². The van der Waals surface area contributed by atoms with E-state index in [2.05, 4.69) is 62.5 Å². The summed E-state index contributed by atoms with van der Waals surface area (Å²) in [6.45, 7) is 3.53. The summed E-state index contributed by atoms with van der Waals surface area (Å²) >= 11 is 0. The largest absolute Gasteiger partial charge is 0.472 e. The number of carbonyl (C=O) groups is 2. The lowest BCUT2D eigenvalue weighted by Gasteiger charge is -2.19. The summed E-state index contributed by atoms with van der Waals surface area (Å²) in [4.78, 5) is 34.8. The second-order valence-electron chi connectivity index (χ2n) is 13.9. The SMILES string of the molecule is CCCCCCCCCCCCCCCC(=O)OCC(COP(=O)(O)OCCN)OC(=O)CC/C=C\C/C=C\C/C=C\C/C=C\C/C=C\CC1OC1CC. The Bertz CT molecular complexity index is 1140. The molecule has 0 aromatic heterocycles. The summed E-state index contributed by atoms with van der Waals surface area (Å²) < 4.78 is 38.2. The van der Waals surface area contributed by atoms with E-state index in [9.17, 15) is 19.0 Å². The molecule has 0 aliphatic carbocycles. The second-order valence-corrected chi connectivity index (χ2v) is 15.3. The van der Waals surface area contributed by atoms with Gasteiger partial charge in [-0.05, 0) is 51.4 Å². The molecule has 1 heterocycles. The zero-order valence-corrected chi connectivity index (χ0v) is 34.5. The van der Waals surface area contributed by atoms with Gasteiger partial charge in [-0.3, -0.25) is 18.6 Å². The number of rotatable bonds is 37. The quantitative estimate of drug-likeness (QED) is 0.0205. The van der Waals surface area contributed by atoms with Crippen LogP contribution in [0.25, 0.3) is 0 Å². The van der Waals surface area contributed by atoms with Crippen molar-refractivity contribution in [3.8, 4) is 0 Å². The average Bonchev–Trinajstić information content (AvgIpc) is 3.93. The number of unbranched alkanes of at least 4 members (excludes halogenated alkanes) is 12. The number of phosphoric ester groups is 1. The summed E-state index contributed by atoms with van der Waals surface area (Å²) in [5.41, 5.74) is 5.33. The van der Waals surface area contributed by atoms with Crippen LogP contribution in [0.5, 0.6) is 0 Å². The summed E-state index contributed by atoms with van der Waals surface area (Å²) in [5, 5.41) is 0. The van der Waals surface area contributed by atoms with Gasteiger partial charge >= 0.3 is 19.8 Å². The number of hydrogen-bond acceptors (Lipinski definition) is 9. The number of hydrogen-bond donors (Lipinski definition) is 2. The van der Waals surface area contributed by atoms with Crippen LogP contribution in [0.2, 0.25) is 0 Å². The van der Waals surface area contributed by atoms with Gasteiger partial charge in [0.05, 0.1) is 25.4 Å². The van der Waals surface area contributed by atoms with Crippen molar-refractivity contribution in [2.75, 3.05) is 26.4 Å². The molecule has 0 bridgehead atoms. The first-order valence-electron chi connectivity index (χ1n) is 20.9. The van der Waals surface area contributed by atoms with E-state index in [1.54, 1.807) is 0 Å². The van der Waals surface area contributed by atoms with Crippen LogP contribution in [0.4, 0.5) is 0 Å². The Hall–Kier alpha value is -2.33. The summed E-state index contributed by atoms with van der Waals surface area (Å²) in [6.07, 6.45) is 43.2. The topological polar surface area (TPSA) is 147 Å². The first-order valence-corrected chi connectivity index (χ1v) is 22.4. The molecule has 3 N–H and O–H groups in total. The molecule has 11 heteroatoms. The summed E-state index contributed by atoms with van der Waals surface area (Å²) in [5.74, 6) is -0.932. The molecule has 310 valence electrons. The normalized spacial score (nSPS) is 17.7. The molecular weight excluding hydrogens is 705 g/mol. The average molecular weight is 780 g/mol. The number of carbonyl (C=O) groups excluding carboxylic acids is 2. The molecule has 4 unspecified atom stereocenters. The first-order chi connectivity index (χ1) is 26.3. The molecule has 1 fully saturated rings. The number of epoxide rings is 1. The Morgan fingerprint density at radius 1 is 0.667 bits per heavy atom. The fraction of sp³-hybridized carbons (Fsp3) is 0.721. The van der Waals surface area contributed by atoms with E-state index in [-0.39, 0.29) is 32.6 Å². The highest BCUT2D eigenvalue weighted by molar-refractivity contribution is 7.47. The number of allylic oxidation sites excluding steroid dienone is 9. The molecular formula is C43H74NO9P. The van der Waals surface area contributed by atoms with Crippen LogP contribution in [0, 0.1) is 0 Å². The predicted molar refractivity (Wildman–Crippen MR) is 219 cm³/mol. The van der Waals surface area contributed by atoms with Gasteiger partial charge in [-0.1, -0.05) is 152 Å². The van der Waals surface area contributed by atoms with Crippen molar-refractivity contribution >= 4 is 19.8 Å². The molecule has 0 saturated carbocycles. The van der Waals surface area contributed by atoms with Crippen molar-refractivity contribution in [2.45, 2.75) is 173 Å². The van der Waals surface area contributed by atoms with Gasteiger partial charge < -0.3 is 24.8 Å². The van der Waals surface area contributed by atoms with E-state index in [1.165, 1.54) is 64.2 Å². The second kappa shape index (κ2) is 35.1. The van der Waals surface area contributed by atoms with Gasteiger partial charge in [0, 0.05) is 19.4 Å². The highest BCUT2D eigenvalue weighted by atomic mass is 31.2. The Morgan fingerprint density at radius 3 is 1.70 bits per heavy atom. The van der Waals surface area contributed by atoms with Crippen molar-refractivity contribution in [1.29, 1.82) is 0 Å². The standard InChI is InChI=1S/C43H74NO9P/c1-3-5-6-7-8-9-10-14-18-21-24-27-30-33-42(45)49-37-39(38-51-54(47,48)50-36-35-44)52-43(46)34-31-28-25-22-19-16-13-11-12-15-17-20-23-26-29-32-41-40(4-2)53-41/h11-12,16-17,19-20,25-26,28-29,39-41H,3-10,13-15,18,21-24,27,30-38,44H2,1-2H3,(H,47,48)/b12-11-,19-16-,20-17-,28-25-,29-26-. The van der Waals surface area contributed by atoms with Crippen LogP contribution in [0.1, 0.15) is 155 Å². The minimum atomic E-state index is -4.40. The Balaban J connectivity index is 2.24. The Morgan fingerprint density at radius 2 is 1.19 bits per heavy atom. The van der Waals surface area contributed by atoms with E-state index >= 15 is 0 Å². The van der Waals surface area contributed by atoms with Crippen molar-refractivity contribution in [3.63, 3.8) is 0 Å². The highest BCUT2D eigenvalue weighted by Crippen LogP contribution is 2.43. The van der Waals surface area contributed by atoms with Crippen molar-refractivity contribution in [3.05, 3.63) is 60.8 Å². The maximum absolute atomic E-state index is 12.5. The van der Waals surface area contributed by atoms with Gasteiger partial charge in [0.15, 0.2) is 6.10 Å². The third-order valence-corrected chi connectivity index (χ3v) is 9.89. The van der Waals surface area contributed by atoms with Gasteiger partial charge in [0.1, 0.15) is 6.61 Å². The van der Waals surface area contributed by atoms with E-state index < -0.39 is 32.5 Å². The van der Waals surface area contributed by atoms with Crippen LogP contribution in [-0.2, 0) is 37.4 Å². The minimum absolute atomic E-state index is 0.0386. The van der Waals surface area contributed by atoms with Gasteiger partial charge in [-0.15, -0.1) is 0 Å². The molecule has 0 aromatic rings. The van der Waals surface area contributed by atoms with Crippen LogP contribution in [-0.4, -0.2) is 61.5 Å². The fourth-order valence-corrected chi connectivity index (χ4v) is 6.43. The van der Waals surface area contributed by atoms with Crippen LogP contribution >= 0.6 is 7.82 Å². The van der Waals surface area contributed by atoms with Crippen LogP contribution < -0.4 is 5.73 Å². The number of ether oxygens (including phenoxy) is 3. The lowest BCUT2D eigenvalue weighted by molar-refractivity contribution is -0.161. The third kappa shape index (κ3) is 32.0. The summed E-state index contributed by atoms with van der Waals surface area (Å²) in [6, 6.07) is 0. The lowest BCUT2D eigenvalue weighted by atomic mass is 10.0. The van der Waals surface area contributed by atoms with E-state index in [0.717, 1.165) is 57.8 Å².